The summed E-state index contributed by atoms with van der Waals surface area (Å²) in [5, 5.41) is 19.8. The number of carboxylic acid groups (broad SMARTS) is 1. The number of ether oxygens (including phenoxy) is 1. The summed E-state index contributed by atoms with van der Waals surface area (Å²) < 4.78 is 41.4. The molecule has 10 heteroatoms. The molecule has 0 bridgehead atoms. The summed E-state index contributed by atoms with van der Waals surface area (Å²) in [6, 6.07) is 0. The zero-order valence-corrected chi connectivity index (χ0v) is 10.4. The molecule has 7 nitrogen and oxygen atoms in total. The molecule has 1 aromatic heterocycles. The van der Waals surface area contributed by atoms with Crippen molar-refractivity contribution in [2.24, 2.45) is 5.41 Å². The van der Waals surface area contributed by atoms with Gasteiger partial charge >= 0.3 is 12.1 Å². The summed E-state index contributed by atoms with van der Waals surface area (Å²) in [6.45, 7) is -1.38. The van der Waals surface area contributed by atoms with Gasteiger partial charge in [0.15, 0.2) is 5.82 Å². The Labute approximate surface area is 111 Å². The van der Waals surface area contributed by atoms with Crippen molar-refractivity contribution in [2.45, 2.75) is 32.0 Å². The smallest absolute Gasteiger partial charge is 0.411 e. The second-order valence-corrected chi connectivity index (χ2v) is 4.76. The first-order valence-corrected chi connectivity index (χ1v) is 5.95. The van der Waals surface area contributed by atoms with Crippen molar-refractivity contribution in [1.82, 2.24) is 20.2 Å². The Morgan fingerprint density at radius 3 is 2.70 bits per heavy atom. The van der Waals surface area contributed by atoms with Crippen LogP contribution in [0.2, 0.25) is 0 Å². The van der Waals surface area contributed by atoms with Crippen LogP contribution in [0.5, 0.6) is 0 Å². The van der Waals surface area contributed by atoms with Crippen LogP contribution in [-0.2, 0) is 22.5 Å². The molecule has 0 atom stereocenters. The van der Waals surface area contributed by atoms with Gasteiger partial charge in [0.1, 0.15) is 6.61 Å². The number of hydrogen-bond donors (Lipinski definition) is 1. The van der Waals surface area contributed by atoms with E-state index in [-0.39, 0.29) is 19.6 Å². The van der Waals surface area contributed by atoms with Gasteiger partial charge in [-0.05, 0) is 23.3 Å². The number of halogens is 3. The van der Waals surface area contributed by atoms with Gasteiger partial charge in [0.05, 0.1) is 18.6 Å². The topological polar surface area (TPSA) is 90.1 Å². The van der Waals surface area contributed by atoms with Crippen molar-refractivity contribution < 1.29 is 27.8 Å². The van der Waals surface area contributed by atoms with E-state index in [1.807, 2.05) is 0 Å². The van der Waals surface area contributed by atoms with Crippen molar-refractivity contribution in [3.63, 3.8) is 0 Å². The van der Waals surface area contributed by atoms with Gasteiger partial charge in [0.25, 0.3) is 0 Å². The average Bonchev–Trinajstić information content (AvgIpc) is 2.98. The maximum absolute atomic E-state index is 11.9. The Bertz CT molecular complexity index is 484. The molecule has 1 fully saturated rings. The van der Waals surface area contributed by atoms with Gasteiger partial charge in [-0.2, -0.15) is 13.2 Å². The molecule has 1 N–H and O–H groups in total. The summed E-state index contributed by atoms with van der Waals surface area (Å²) in [5.41, 5.74) is -0.836. The summed E-state index contributed by atoms with van der Waals surface area (Å²) in [5.74, 6) is -0.591. The Balaban J connectivity index is 1.85. The third-order valence-electron chi connectivity index (χ3n) is 3.10. The van der Waals surface area contributed by atoms with E-state index in [4.69, 9.17) is 5.11 Å². The average molecular weight is 294 g/mol. The summed E-state index contributed by atoms with van der Waals surface area (Å²) in [7, 11) is 0. The molecule has 20 heavy (non-hydrogen) atoms. The maximum Gasteiger partial charge on any atom is 0.411 e. The van der Waals surface area contributed by atoms with E-state index in [2.05, 4.69) is 20.3 Å². The minimum atomic E-state index is -4.37. The highest BCUT2D eigenvalue weighted by Gasteiger charge is 2.51. The molecule has 1 heterocycles. The second-order valence-electron chi connectivity index (χ2n) is 4.76. The van der Waals surface area contributed by atoms with Crippen molar-refractivity contribution in [3.8, 4) is 0 Å². The number of alkyl halides is 3. The first-order chi connectivity index (χ1) is 9.32. The first kappa shape index (κ1) is 14.7. The maximum atomic E-state index is 11.9. The van der Waals surface area contributed by atoms with E-state index < -0.39 is 24.2 Å². The summed E-state index contributed by atoms with van der Waals surface area (Å²) in [4.78, 5) is 11.1. The van der Waals surface area contributed by atoms with Gasteiger partial charge in [0, 0.05) is 6.42 Å². The monoisotopic (exact) mass is 294 g/mol. The molecule has 1 saturated carbocycles. The van der Waals surface area contributed by atoms with Crippen LogP contribution in [0, 0.1) is 5.41 Å². The van der Waals surface area contributed by atoms with Gasteiger partial charge in [-0.3, -0.25) is 4.79 Å². The number of nitrogens with zero attached hydrogens (tertiary/aromatic N) is 4. The number of aromatic nitrogens is 4. The molecule has 0 unspecified atom stereocenters. The number of hydrogen-bond acceptors (Lipinski definition) is 5. The molecule has 1 aromatic rings. The Morgan fingerprint density at radius 1 is 1.45 bits per heavy atom. The Hall–Kier alpha value is -1.71. The highest BCUT2D eigenvalue weighted by Crippen LogP contribution is 2.47. The zero-order chi connectivity index (χ0) is 14.8. The van der Waals surface area contributed by atoms with E-state index in [1.165, 1.54) is 4.68 Å². The predicted molar refractivity (Wildman–Crippen MR) is 57.7 cm³/mol. The number of carbonyl (C=O) groups is 1. The molecule has 0 saturated heterocycles. The van der Waals surface area contributed by atoms with Crippen LogP contribution >= 0.6 is 0 Å². The highest BCUT2D eigenvalue weighted by atomic mass is 19.4. The third kappa shape index (κ3) is 3.65. The van der Waals surface area contributed by atoms with Crippen molar-refractivity contribution >= 4 is 5.97 Å². The first-order valence-electron chi connectivity index (χ1n) is 5.95. The molecular formula is C10H13F3N4O3. The van der Waals surface area contributed by atoms with Crippen LogP contribution in [0.4, 0.5) is 13.2 Å². The quantitative estimate of drug-likeness (QED) is 0.743. The van der Waals surface area contributed by atoms with E-state index in [0.29, 0.717) is 18.7 Å². The van der Waals surface area contributed by atoms with Crippen LogP contribution in [0.25, 0.3) is 0 Å². The van der Waals surface area contributed by atoms with Crippen molar-refractivity contribution in [1.29, 1.82) is 0 Å². The molecule has 0 radical (unpaired) electrons. The summed E-state index contributed by atoms with van der Waals surface area (Å²) in [6.07, 6.45) is -3.18. The lowest BCUT2D eigenvalue weighted by Crippen LogP contribution is -2.24. The zero-order valence-electron chi connectivity index (χ0n) is 10.4. The van der Waals surface area contributed by atoms with Gasteiger partial charge in [-0.1, -0.05) is 0 Å². The van der Waals surface area contributed by atoms with E-state index in [0.717, 1.165) is 0 Å². The van der Waals surface area contributed by atoms with E-state index in [9.17, 15) is 18.0 Å². The Kier molecular flexibility index (Phi) is 3.93. The molecule has 0 aliphatic heterocycles. The van der Waals surface area contributed by atoms with Crippen LogP contribution in [0.1, 0.15) is 18.7 Å². The standard InChI is InChI=1S/C10H13F3N4O3/c11-10(12,13)6-20-4-1-7-14-15-16-17(7)5-9(2-3-9)8(18)19/h1-6H2,(H,18,19). The van der Waals surface area contributed by atoms with Crippen LogP contribution in [0.15, 0.2) is 0 Å². The Morgan fingerprint density at radius 2 is 2.15 bits per heavy atom. The number of tetrazole rings is 1. The minimum absolute atomic E-state index is 0.0960. The number of aliphatic carboxylic acids is 1. The second kappa shape index (κ2) is 5.35. The van der Waals surface area contributed by atoms with Gasteiger partial charge < -0.3 is 9.84 Å². The van der Waals surface area contributed by atoms with E-state index in [1.54, 1.807) is 0 Å². The van der Waals surface area contributed by atoms with Gasteiger partial charge in [0.2, 0.25) is 0 Å². The fourth-order valence-corrected chi connectivity index (χ4v) is 1.75. The lowest BCUT2D eigenvalue weighted by Gasteiger charge is -2.11. The fraction of sp³-hybridized carbons (Fsp3) is 0.800. The van der Waals surface area contributed by atoms with Crippen LogP contribution in [-0.4, -0.2) is 50.7 Å². The number of carboxylic acids is 1. The molecule has 1 aliphatic rings. The molecule has 1 aliphatic carbocycles. The van der Waals surface area contributed by atoms with Crippen molar-refractivity contribution in [3.05, 3.63) is 5.82 Å². The van der Waals surface area contributed by atoms with Crippen molar-refractivity contribution in [2.75, 3.05) is 13.2 Å². The molecule has 112 valence electrons. The van der Waals surface area contributed by atoms with E-state index >= 15 is 0 Å². The predicted octanol–water partition coefficient (Wildman–Crippen LogP) is 0.659. The normalized spacial score (nSPS) is 17.1. The minimum Gasteiger partial charge on any atom is -0.481 e. The third-order valence-corrected chi connectivity index (χ3v) is 3.10. The lowest BCUT2D eigenvalue weighted by atomic mass is 10.1. The SMILES string of the molecule is O=C(O)C1(Cn2nnnc2CCOCC(F)(F)F)CC1. The molecule has 0 amide bonds. The van der Waals surface area contributed by atoms with Gasteiger partial charge in [-0.15, -0.1) is 5.10 Å². The molecule has 2 rings (SSSR count). The molecule has 0 spiro atoms. The number of rotatable bonds is 7. The van der Waals surface area contributed by atoms with Crippen LogP contribution < -0.4 is 0 Å². The lowest BCUT2D eigenvalue weighted by molar-refractivity contribution is -0.173. The van der Waals surface area contributed by atoms with Gasteiger partial charge in [-0.25, -0.2) is 4.68 Å². The summed E-state index contributed by atoms with van der Waals surface area (Å²) >= 11 is 0. The fourth-order valence-electron chi connectivity index (χ4n) is 1.75. The van der Waals surface area contributed by atoms with Crippen LogP contribution in [0.3, 0.4) is 0 Å². The largest absolute Gasteiger partial charge is 0.481 e. The highest BCUT2D eigenvalue weighted by molar-refractivity contribution is 5.77. The molecule has 0 aromatic carbocycles. The molecular weight excluding hydrogens is 281 g/mol.